The summed E-state index contributed by atoms with van der Waals surface area (Å²) in [5.74, 6) is -70.6. The molecular formula is C39H17BF20N2O2. The maximum atomic E-state index is 15.4. The topological polar surface area (TPSA) is 43.1 Å². The number of ketones is 1. The highest BCUT2D eigenvalue weighted by atomic mass is 19.2. The smallest absolute Gasteiger partial charge is 0.227 e. The third-order valence-corrected chi connectivity index (χ3v) is 9.27. The van der Waals surface area contributed by atoms with E-state index in [1.54, 1.807) is 41.5 Å². The molecular weight excluding hydrogens is 919 g/mol. The molecule has 64 heavy (non-hydrogen) atoms. The van der Waals surface area contributed by atoms with Crippen molar-refractivity contribution in [2.24, 2.45) is 0 Å². The first kappa shape index (κ1) is 48.3. The molecule has 0 spiro atoms. The Kier molecular flexibility index (Phi) is 13.7. The third kappa shape index (κ3) is 7.95. The minimum atomic E-state index is -7.22. The number of hydrogen-bond donors (Lipinski definition) is 0. The molecule has 0 bridgehead atoms. The largest absolute Gasteiger partial charge is 0.491 e. The van der Waals surface area contributed by atoms with Gasteiger partial charge < -0.3 is 4.74 Å². The number of carbonyl (C=O) groups is 1. The molecule has 1 aromatic heterocycles. The molecule has 0 radical (unpaired) electrons. The second-order valence-electron chi connectivity index (χ2n) is 13.3. The SMILES string of the molecule is CC(C)Oc1ccc(C(=O)C[n+]2ccncc2)cc1.Fc1c(F)c(F)c([B-](c2c(F)c(F)c(F)c(F)c2F)(c2c(F)c(F)c(F)c(F)c2F)c2c(F)c(F)c(F)c(F)c2F)c(F)c1F. The third-order valence-electron chi connectivity index (χ3n) is 9.27. The van der Waals surface area contributed by atoms with Crippen molar-refractivity contribution in [3.8, 4) is 5.75 Å². The van der Waals surface area contributed by atoms with E-state index in [4.69, 9.17) is 4.74 Å². The summed E-state index contributed by atoms with van der Waals surface area (Å²) in [5.41, 5.74) is -13.6. The molecule has 0 amide bonds. The van der Waals surface area contributed by atoms with E-state index < -0.39 is 144 Å². The zero-order valence-corrected chi connectivity index (χ0v) is 31.3. The van der Waals surface area contributed by atoms with Crippen LogP contribution in [0.1, 0.15) is 24.2 Å². The fourth-order valence-corrected chi connectivity index (χ4v) is 6.58. The Labute approximate surface area is 343 Å². The van der Waals surface area contributed by atoms with Crippen molar-refractivity contribution in [3.63, 3.8) is 0 Å². The van der Waals surface area contributed by atoms with Gasteiger partial charge in [0.1, 0.15) is 58.4 Å². The maximum Gasteiger partial charge on any atom is 0.227 e. The standard InChI is InChI=1S/C24BF20.C15H17N2O2/c26-5-1(6(27)14(35)21(42)13(5)34)25(2-7(28)15(36)22(43)16(37)8(2)29,3-9(30)17(38)23(44)18(39)10(3)31)4-11(32)19(40)24(45)20(41)12(4)33;1-12(2)19-14-5-3-13(4-6-14)15(18)11-17-9-7-16-8-10-17/h;3-10,12H,11H2,1-2H3/q-1;+1. The van der Waals surface area contributed by atoms with Crippen LogP contribution in [-0.2, 0) is 6.54 Å². The number of ether oxygens (including phenoxy) is 1. The second kappa shape index (κ2) is 18.2. The predicted molar refractivity (Wildman–Crippen MR) is 180 cm³/mol. The molecule has 5 aromatic carbocycles. The molecule has 6 aromatic rings. The molecule has 4 nitrogen and oxygen atoms in total. The van der Waals surface area contributed by atoms with Gasteiger partial charge >= 0.3 is 0 Å². The molecule has 1 heterocycles. The number of rotatable bonds is 9. The summed E-state index contributed by atoms with van der Waals surface area (Å²) in [4.78, 5) is 16.0. The van der Waals surface area contributed by atoms with Crippen molar-refractivity contribution in [3.05, 3.63) is 171 Å². The number of carbonyl (C=O) groups excluding carboxylic acids is 1. The normalized spacial score (nSPS) is 11.5. The molecule has 6 rings (SSSR count). The lowest BCUT2D eigenvalue weighted by Gasteiger charge is -2.44. The van der Waals surface area contributed by atoms with Crippen LogP contribution in [0, 0.1) is 116 Å². The molecule has 0 aliphatic rings. The first-order valence-electron chi connectivity index (χ1n) is 17.2. The summed E-state index contributed by atoms with van der Waals surface area (Å²) in [7, 11) is 0. The molecule has 25 heteroatoms. The molecule has 0 atom stereocenters. The van der Waals surface area contributed by atoms with Gasteiger partial charge in [-0.25, -0.2) is 87.8 Å². The number of benzene rings is 5. The van der Waals surface area contributed by atoms with Gasteiger partial charge in [0.2, 0.25) is 12.3 Å². The number of hydrogen-bond acceptors (Lipinski definition) is 3. The zero-order chi connectivity index (χ0) is 48.0. The van der Waals surface area contributed by atoms with Gasteiger partial charge in [0.05, 0.1) is 18.5 Å². The van der Waals surface area contributed by atoms with E-state index in [0.717, 1.165) is 5.75 Å². The van der Waals surface area contributed by atoms with Crippen molar-refractivity contribution >= 4 is 33.8 Å². The molecule has 0 saturated heterocycles. The molecule has 0 aliphatic heterocycles. The average molecular weight is 936 g/mol. The van der Waals surface area contributed by atoms with Gasteiger partial charge in [-0.3, -0.25) is 9.78 Å². The van der Waals surface area contributed by atoms with E-state index in [2.05, 4.69) is 4.98 Å². The molecule has 0 N–H and O–H groups in total. The Hall–Kier alpha value is -6.69. The van der Waals surface area contributed by atoms with Crippen molar-refractivity contribution in [2.75, 3.05) is 0 Å². The van der Waals surface area contributed by atoms with Crippen LogP contribution in [0.3, 0.4) is 0 Å². The van der Waals surface area contributed by atoms with Gasteiger partial charge in [-0.15, -0.1) is 21.9 Å². The summed E-state index contributed by atoms with van der Waals surface area (Å²) >= 11 is 0. The minimum Gasteiger partial charge on any atom is -0.491 e. The van der Waals surface area contributed by atoms with E-state index >= 15 is 35.1 Å². The van der Waals surface area contributed by atoms with Crippen molar-refractivity contribution in [2.45, 2.75) is 26.5 Å². The highest BCUT2D eigenvalue weighted by molar-refractivity contribution is 7.20. The van der Waals surface area contributed by atoms with Crippen LogP contribution in [0.4, 0.5) is 87.8 Å². The number of aromatic nitrogens is 2. The molecule has 338 valence electrons. The molecule has 0 unspecified atom stereocenters. The van der Waals surface area contributed by atoms with E-state index in [0.29, 0.717) is 12.1 Å². The van der Waals surface area contributed by atoms with E-state index in [-0.39, 0.29) is 11.9 Å². The van der Waals surface area contributed by atoms with Gasteiger partial charge in [0.25, 0.3) is 0 Å². The minimum absolute atomic E-state index is 0.0623. The fourth-order valence-electron chi connectivity index (χ4n) is 6.58. The summed E-state index contributed by atoms with van der Waals surface area (Å²) in [6, 6.07) is 7.23. The highest BCUT2D eigenvalue weighted by Crippen LogP contribution is 2.31. The van der Waals surface area contributed by atoms with E-state index in [9.17, 15) is 57.5 Å². The molecule has 0 fully saturated rings. The summed E-state index contributed by atoms with van der Waals surface area (Å²) < 4.78 is 301. The van der Waals surface area contributed by atoms with Crippen LogP contribution in [0.25, 0.3) is 0 Å². The number of halogens is 20. The second-order valence-corrected chi connectivity index (χ2v) is 13.3. The van der Waals surface area contributed by atoms with Crippen molar-refractivity contribution in [1.82, 2.24) is 4.98 Å². The van der Waals surface area contributed by atoms with Crippen molar-refractivity contribution < 1.29 is 102 Å². The van der Waals surface area contributed by atoms with Gasteiger partial charge in [-0.2, -0.15) is 4.57 Å². The van der Waals surface area contributed by atoms with Crippen LogP contribution in [0.2, 0.25) is 0 Å². The lowest BCUT2D eigenvalue weighted by Crippen LogP contribution is -2.81. The van der Waals surface area contributed by atoms with Gasteiger partial charge in [0, 0.05) is 5.56 Å². The first-order chi connectivity index (χ1) is 29.8. The Bertz CT molecular complexity index is 2450. The lowest BCUT2D eigenvalue weighted by atomic mass is 9.12. The van der Waals surface area contributed by atoms with E-state index in [1.807, 2.05) is 26.0 Å². The Morgan fingerprint density at radius 1 is 0.453 bits per heavy atom. The highest BCUT2D eigenvalue weighted by Gasteiger charge is 2.52. The van der Waals surface area contributed by atoms with Crippen LogP contribution < -0.4 is 31.2 Å². The maximum absolute atomic E-state index is 15.4. The predicted octanol–water partition coefficient (Wildman–Crippen LogP) is 7.89. The monoisotopic (exact) mass is 936 g/mol. The molecule has 0 aliphatic carbocycles. The van der Waals surface area contributed by atoms with Crippen LogP contribution in [0.15, 0.2) is 49.1 Å². The average Bonchev–Trinajstić information content (AvgIpc) is 3.26. The lowest BCUT2D eigenvalue weighted by molar-refractivity contribution is -0.683. The summed E-state index contributed by atoms with van der Waals surface area (Å²) in [5, 5.41) is 0. The molecule has 0 saturated carbocycles. The van der Waals surface area contributed by atoms with Gasteiger partial charge in [-0.1, -0.05) is 0 Å². The van der Waals surface area contributed by atoms with Crippen LogP contribution in [0.5, 0.6) is 5.75 Å². The van der Waals surface area contributed by atoms with Gasteiger partial charge in [-0.05, 0) is 38.1 Å². The van der Waals surface area contributed by atoms with Crippen LogP contribution in [-0.4, -0.2) is 23.0 Å². The fraction of sp³-hybridized carbons (Fsp3) is 0.103. The Balaban J connectivity index is 0.000000337. The van der Waals surface area contributed by atoms with Crippen LogP contribution >= 0.6 is 0 Å². The number of Topliss-reactive ketones (excluding diaryl/α,β-unsaturated/α-hetero) is 1. The Morgan fingerprint density at radius 2 is 0.703 bits per heavy atom. The van der Waals surface area contributed by atoms with E-state index in [1.165, 1.54) is 0 Å². The summed E-state index contributed by atoms with van der Waals surface area (Å²) in [6.45, 7) is 4.26. The quantitative estimate of drug-likeness (QED) is 0.0371. The first-order valence-corrected chi connectivity index (χ1v) is 17.2. The summed E-state index contributed by atoms with van der Waals surface area (Å²) in [6.07, 6.45) is -0.221. The van der Waals surface area contributed by atoms with Crippen molar-refractivity contribution in [1.29, 1.82) is 0 Å². The number of nitrogens with zero attached hydrogens (tertiary/aromatic N) is 2. The zero-order valence-electron chi connectivity index (χ0n) is 31.3. The van der Waals surface area contributed by atoms with Gasteiger partial charge in [0.15, 0.2) is 82.2 Å². The Morgan fingerprint density at radius 3 is 0.953 bits per heavy atom.